The van der Waals surface area contributed by atoms with Gasteiger partial charge in [-0.05, 0) is 32.1 Å². The molecule has 2 aliphatic rings. The Morgan fingerprint density at radius 1 is 1.32 bits per heavy atom. The van der Waals surface area contributed by atoms with E-state index in [1.54, 1.807) is 0 Å². The second-order valence-electron chi connectivity index (χ2n) is 6.66. The molecule has 0 amide bonds. The van der Waals surface area contributed by atoms with Gasteiger partial charge in [0.05, 0.1) is 0 Å². The van der Waals surface area contributed by atoms with E-state index >= 15 is 0 Å². The summed E-state index contributed by atoms with van der Waals surface area (Å²) in [5, 5.41) is 3.81. The summed E-state index contributed by atoms with van der Waals surface area (Å²) in [6.45, 7) is 12.2. The monoisotopic (exact) mass is 268 g/mol. The second kappa shape index (κ2) is 7.05. The number of rotatable bonds is 6. The second-order valence-corrected chi connectivity index (χ2v) is 6.66. The topological polar surface area (TPSA) is 24.5 Å². The van der Waals surface area contributed by atoms with Gasteiger partial charge in [-0.15, -0.1) is 0 Å². The van der Waals surface area contributed by atoms with Crippen LogP contribution >= 0.6 is 0 Å². The number of piperazine rings is 1. The van der Waals surface area contributed by atoms with Crippen molar-refractivity contribution in [1.82, 2.24) is 10.2 Å². The number of nitrogens with one attached hydrogen (secondary N) is 1. The fraction of sp³-hybridized carbons (Fsp3) is 1.00. The van der Waals surface area contributed by atoms with E-state index in [0.717, 1.165) is 19.1 Å². The molecular formula is C16H32N2O. The molecule has 1 aliphatic carbocycles. The van der Waals surface area contributed by atoms with Crippen LogP contribution in [0.2, 0.25) is 0 Å². The first kappa shape index (κ1) is 15.3. The summed E-state index contributed by atoms with van der Waals surface area (Å²) in [6.07, 6.45) is 6.78. The third-order valence-corrected chi connectivity index (χ3v) is 5.04. The minimum Gasteiger partial charge on any atom is -0.382 e. The standard InChI is InChI=1S/C16H32N2O/c1-4-19-11-7-10-18-12-15(14(2)3)17-13-16(18)8-5-6-9-16/h14-15,17H,4-13H2,1-3H3. The highest BCUT2D eigenvalue weighted by Gasteiger charge is 2.43. The molecular weight excluding hydrogens is 236 g/mol. The van der Waals surface area contributed by atoms with Crippen molar-refractivity contribution in [3.05, 3.63) is 0 Å². The summed E-state index contributed by atoms with van der Waals surface area (Å²) in [5.74, 6) is 0.730. The third-order valence-electron chi connectivity index (χ3n) is 5.04. The Balaban J connectivity index is 1.91. The Morgan fingerprint density at radius 3 is 2.68 bits per heavy atom. The number of hydrogen-bond donors (Lipinski definition) is 1. The fourth-order valence-corrected chi connectivity index (χ4v) is 3.73. The van der Waals surface area contributed by atoms with Crippen LogP contribution in [0.4, 0.5) is 0 Å². The van der Waals surface area contributed by atoms with Crippen LogP contribution in [0.25, 0.3) is 0 Å². The van der Waals surface area contributed by atoms with Crippen LogP contribution in [0, 0.1) is 5.92 Å². The van der Waals surface area contributed by atoms with Crippen molar-refractivity contribution < 1.29 is 4.74 Å². The molecule has 1 N–H and O–H groups in total. The van der Waals surface area contributed by atoms with Gasteiger partial charge in [-0.3, -0.25) is 4.90 Å². The maximum atomic E-state index is 5.51. The zero-order valence-electron chi connectivity index (χ0n) is 13.1. The molecule has 19 heavy (non-hydrogen) atoms. The predicted molar refractivity (Wildman–Crippen MR) is 80.5 cm³/mol. The van der Waals surface area contributed by atoms with Gasteiger partial charge in [0.25, 0.3) is 0 Å². The number of ether oxygens (including phenoxy) is 1. The SMILES string of the molecule is CCOCCCN1CC(C(C)C)NCC12CCCC2. The maximum absolute atomic E-state index is 5.51. The van der Waals surface area contributed by atoms with Crippen molar-refractivity contribution in [3.8, 4) is 0 Å². The summed E-state index contributed by atoms with van der Waals surface area (Å²) in [7, 11) is 0. The first-order valence-corrected chi connectivity index (χ1v) is 8.24. The number of nitrogens with zero attached hydrogens (tertiary/aromatic N) is 1. The molecule has 0 bridgehead atoms. The average Bonchev–Trinajstić information content (AvgIpc) is 2.86. The molecule has 0 aromatic rings. The molecule has 1 heterocycles. The summed E-state index contributed by atoms with van der Waals surface area (Å²) < 4.78 is 5.51. The van der Waals surface area contributed by atoms with Gasteiger partial charge in [0.15, 0.2) is 0 Å². The van der Waals surface area contributed by atoms with Gasteiger partial charge in [-0.2, -0.15) is 0 Å². The van der Waals surface area contributed by atoms with Crippen LogP contribution in [-0.2, 0) is 4.74 Å². The molecule has 112 valence electrons. The van der Waals surface area contributed by atoms with Gasteiger partial charge < -0.3 is 10.1 Å². The van der Waals surface area contributed by atoms with Crippen LogP contribution in [0.5, 0.6) is 0 Å². The van der Waals surface area contributed by atoms with E-state index < -0.39 is 0 Å². The Labute approximate surface area is 119 Å². The molecule has 1 spiro atoms. The fourth-order valence-electron chi connectivity index (χ4n) is 3.73. The predicted octanol–water partition coefficient (Wildman–Crippen LogP) is 2.66. The van der Waals surface area contributed by atoms with Gasteiger partial charge in [0.2, 0.25) is 0 Å². The van der Waals surface area contributed by atoms with Gasteiger partial charge in [0.1, 0.15) is 0 Å². The zero-order chi connectivity index (χ0) is 13.7. The first-order valence-electron chi connectivity index (χ1n) is 8.24. The van der Waals surface area contributed by atoms with Crippen molar-refractivity contribution in [2.75, 3.05) is 32.8 Å². The Morgan fingerprint density at radius 2 is 2.05 bits per heavy atom. The molecule has 0 aromatic carbocycles. The van der Waals surface area contributed by atoms with Crippen LogP contribution in [0.3, 0.4) is 0 Å². The smallest absolute Gasteiger partial charge is 0.0478 e. The largest absolute Gasteiger partial charge is 0.382 e. The molecule has 1 saturated carbocycles. The first-order chi connectivity index (χ1) is 9.18. The highest BCUT2D eigenvalue weighted by atomic mass is 16.5. The average molecular weight is 268 g/mol. The molecule has 0 aromatic heterocycles. The van der Waals surface area contributed by atoms with Crippen molar-refractivity contribution in [1.29, 1.82) is 0 Å². The van der Waals surface area contributed by atoms with E-state index in [1.165, 1.54) is 51.7 Å². The van der Waals surface area contributed by atoms with Crippen molar-refractivity contribution in [2.24, 2.45) is 5.92 Å². The Hall–Kier alpha value is -0.120. The molecule has 3 nitrogen and oxygen atoms in total. The molecule has 3 heteroatoms. The van der Waals surface area contributed by atoms with Gasteiger partial charge >= 0.3 is 0 Å². The van der Waals surface area contributed by atoms with E-state index in [0.29, 0.717) is 11.6 Å². The van der Waals surface area contributed by atoms with E-state index in [-0.39, 0.29) is 0 Å². The quantitative estimate of drug-likeness (QED) is 0.750. The molecule has 1 saturated heterocycles. The molecule has 2 rings (SSSR count). The summed E-state index contributed by atoms with van der Waals surface area (Å²) >= 11 is 0. The van der Waals surface area contributed by atoms with E-state index in [2.05, 4.69) is 31.0 Å². The van der Waals surface area contributed by atoms with E-state index in [1.807, 2.05) is 0 Å². The minimum absolute atomic E-state index is 0.470. The summed E-state index contributed by atoms with van der Waals surface area (Å²) in [4.78, 5) is 2.79. The van der Waals surface area contributed by atoms with Crippen molar-refractivity contribution >= 4 is 0 Å². The zero-order valence-corrected chi connectivity index (χ0v) is 13.1. The molecule has 1 unspecified atom stereocenters. The normalized spacial score (nSPS) is 27.5. The lowest BCUT2D eigenvalue weighted by Crippen LogP contribution is -2.64. The van der Waals surface area contributed by atoms with Gasteiger partial charge in [-0.25, -0.2) is 0 Å². The Bertz CT molecular complexity index is 261. The molecule has 2 fully saturated rings. The van der Waals surface area contributed by atoms with E-state index in [4.69, 9.17) is 4.74 Å². The lowest BCUT2D eigenvalue weighted by molar-refractivity contribution is 0.0241. The van der Waals surface area contributed by atoms with Crippen LogP contribution in [0.1, 0.15) is 52.9 Å². The Kier molecular flexibility index (Phi) is 5.67. The highest BCUT2D eigenvalue weighted by Crippen LogP contribution is 2.37. The van der Waals surface area contributed by atoms with Crippen molar-refractivity contribution in [3.63, 3.8) is 0 Å². The number of hydrogen-bond acceptors (Lipinski definition) is 3. The lowest BCUT2D eigenvalue weighted by atomic mass is 9.88. The maximum Gasteiger partial charge on any atom is 0.0478 e. The van der Waals surface area contributed by atoms with E-state index in [9.17, 15) is 0 Å². The van der Waals surface area contributed by atoms with Crippen LogP contribution in [-0.4, -0.2) is 49.3 Å². The summed E-state index contributed by atoms with van der Waals surface area (Å²) in [6, 6.07) is 0.665. The molecule has 1 aliphatic heterocycles. The third kappa shape index (κ3) is 3.71. The van der Waals surface area contributed by atoms with Crippen molar-refractivity contribution in [2.45, 2.75) is 64.5 Å². The van der Waals surface area contributed by atoms with Gasteiger partial charge in [-0.1, -0.05) is 26.7 Å². The minimum atomic E-state index is 0.470. The highest BCUT2D eigenvalue weighted by molar-refractivity contribution is 5.02. The molecule has 0 radical (unpaired) electrons. The van der Waals surface area contributed by atoms with Gasteiger partial charge in [0, 0.05) is 44.4 Å². The molecule has 1 atom stereocenters. The van der Waals surface area contributed by atoms with Crippen LogP contribution in [0.15, 0.2) is 0 Å². The lowest BCUT2D eigenvalue weighted by Gasteiger charge is -2.49. The summed E-state index contributed by atoms with van der Waals surface area (Å²) in [5.41, 5.74) is 0.470. The van der Waals surface area contributed by atoms with Crippen LogP contribution < -0.4 is 5.32 Å².